The van der Waals surface area contributed by atoms with Gasteiger partial charge >= 0.3 is 5.97 Å². The smallest absolute Gasteiger partial charge is 0.309 e. The topological polar surface area (TPSA) is 46.5 Å². The molecule has 3 aliphatic rings. The predicted octanol–water partition coefficient (Wildman–Crippen LogP) is 6.31. The molecule has 0 heterocycles. The van der Waals surface area contributed by atoms with Crippen LogP contribution in [0.15, 0.2) is 0 Å². The van der Waals surface area contributed by atoms with Crippen molar-refractivity contribution in [1.82, 2.24) is 0 Å². The standard InChI is InChI=1S/C24H42O3/c1-6-7-15-27-24(17(2)3)14-11-19-18(16-24)9-10-20-22(19,4)12-8-13-23(20,5)21(25)26/h17-20H,6-16H2,1-5H3,(H,25,26). The Morgan fingerprint density at radius 2 is 1.89 bits per heavy atom. The third-order valence-corrected chi connectivity index (χ3v) is 9.13. The van der Waals surface area contributed by atoms with Gasteiger partial charge in [-0.05, 0) is 87.4 Å². The van der Waals surface area contributed by atoms with E-state index in [2.05, 4.69) is 27.7 Å². The van der Waals surface area contributed by atoms with Gasteiger partial charge in [-0.3, -0.25) is 4.79 Å². The van der Waals surface area contributed by atoms with Gasteiger partial charge in [0, 0.05) is 6.61 Å². The Hall–Kier alpha value is -0.570. The first-order chi connectivity index (χ1) is 12.7. The van der Waals surface area contributed by atoms with Crippen LogP contribution >= 0.6 is 0 Å². The fourth-order valence-electron chi connectivity index (χ4n) is 7.38. The number of aliphatic carboxylic acids is 1. The average Bonchev–Trinajstić information content (AvgIpc) is 2.61. The number of ether oxygens (including phenoxy) is 1. The van der Waals surface area contributed by atoms with Crippen molar-refractivity contribution in [2.24, 2.45) is 34.5 Å². The van der Waals surface area contributed by atoms with Crippen LogP contribution in [0.4, 0.5) is 0 Å². The molecule has 3 rings (SSSR count). The molecule has 6 atom stereocenters. The molecule has 3 nitrogen and oxygen atoms in total. The van der Waals surface area contributed by atoms with E-state index in [9.17, 15) is 9.90 Å². The number of hydrogen-bond acceptors (Lipinski definition) is 2. The summed E-state index contributed by atoms with van der Waals surface area (Å²) in [5.41, 5.74) is -0.284. The first kappa shape index (κ1) is 21.1. The largest absolute Gasteiger partial charge is 0.481 e. The number of carbonyl (C=O) groups is 1. The quantitative estimate of drug-likeness (QED) is 0.551. The molecule has 27 heavy (non-hydrogen) atoms. The lowest BCUT2D eigenvalue weighted by atomic mass is 9.43. The highest BCUT2D eigenvalue weighted by Crippen LogP contribution is 2.65. The van der Waals surface area contributed by atoms with Crippen LogP contribution in [0, 0.1) is 34.5 Å². The van der Waals surface area contributed by atoms with E-state index >= 15 is 0 Å². The molecule has 0 aromatic carbocycles. The van der Waals surface area contributed by atoms with Crippen molar-refractivity contribution in [3.05, 3.63) is 0 Å². The highest BCUT2D eigenvalue weighted by molar-refractivity contribution is 5.75. The summed E-state index contributed by atoms with van der Waals surface area (Å²) in [6.07, 6.45) is 11.3. The molecule has 0 aromatic heterocycles. The Morgan fingerprint density at radius 3 is 2.52 bits per heavy atom. The number of unbranched alkanes of at least 4 members (excludes halogenated alkanes) is 1. The Balaban J connectivity index is 1.81. The Bertz CT molecular complexity index is 544. The molecule has 0 radical (unpaired) electrons. The zero-order chi connectivity index (χ0) is 19.9. The van der Waals surface area contributed by atoms with Crippen molar-refractivity contribution in [2.75, 3.05) is 6.61 Å². The Labute approximate surface area is 166 Å². The van der Waals surface area contributed by atoms with Gasteiger partial charge in [0.25, 0.3) is 0 Å². The summed E-state index contributed by atoms with van der Waals surface area (Å²) < 4.78 is 6.58. The maximum absolute atomic E-state index is 12.2. The molecule has 0 aromatic rings. The molecule has 0 amide bonds. The van der Waals surface area contributed by atoms with Gasteiger partial charge < -0.3 is 9.84 Å². The zero-order valence-corrected chi connectivity index (χ0v) is 18.4. The maximum Gasteiger partial charge on any atom is 0.309 e. The van der Waals surface area contributed by atoms with Gasteiger partial charge in [0.1, 0.15) is 0 Å². The average molecular weight is 379 g/mol. The van der Waals surface area contributed by atoms with Crippen LogP contribution in [0.3, 0.4) is 0 Å². The molecule has 0 aliphatic heterocycles. The summed E-state index contributed by atoms with van der Waals surface area (Å²) in [5, 5.41) is 10.0. The first-order valence-electron chi connectivity index (χ1n) is 11.6. The second-order valence-electron chi connectivity index (χ2n) is 10.7. The Morgan fingerprint density at radius 1 is 1.15 bits per heavy atom. The van der Waals surface area contributed by atoms with Gasteiger partial charge in [-0.1, -0.05) is 40.5 Å². The summed E-state index contributed by atoms with van der Waals surface area (Å²) in [4.78, 5) is 12.2. The molecular formula is C24H42O3. The van der Waals surface area contributed by atoms with E-state index in [1.807, 2.05) is 6.92 Å². The normalized spacial score (nSPS) is 44.6. The minimum atomic E-state index is -0.563. The van der Waals surface area contributed by atoms with E-state index in [-0.39, 0.29) is 11.0 Å². The van der Waals surface area contributed by atoms with E-state index in [0.29, 0.717) is 23.7 Å². The summed E-state index contributed by atoms with van der Waals surface area (Å²) >= 11 is 0. The highest BCUT2D eigenvalue weighted by atomic mass is 16.5. The summed E-state index contributed by atoms with van der Waals surface area (Å²) in [7, 11) is 0. The van der Waals surface area contributed by atoms with Crippen LogP contribution in [-0.4, -0.2) is 23.3 Å². The highest BCUT2D eigenvalue weighted by Gasteiger charge is 2.60. The lowest BCUT2D eigenvalue weighted by molar-refractivity contribution is -0.188. The van der Waals surface area contributed by atoms with Crippen LogP contribution in [0.25, 0.3) is 0 Å². The number of carboxylic acids is 1. The monoisotopic (exact) mass is 378 g/mol. The van der Waals surface area contributed by atoms with Crippen molar-refractivity contribution in [2.45, 2.75) is 104 Å². The lowest BCUT2D eigenvalue weighted by Gasteiger charge is -2.62. The molecule has 6 unspecified atom stereocenters. The van der Waals surface area contributed by atoms with Crippen LogP contribution in [0.2, 0.25) is 0 Å². The molecule has 0 saturated heterocycles. The van der Waals surface area contributed by atoms with Gasteiger partial charge in [-0.25, -0.2) is 0 Å². The summed E-state index contributed by atoms with van der Waals surface area (Å²) in [5.74, 6) is 1.71. The molecule has 3 heteroatoms. The van der Waals surface area contributed by atoms with Crippen molar-refractivity contribution >= 4 is 5.97 Å². The van der Waals surface area contributed by atoms with Crippen LogP contribution < -0.4 is 0 Å². The molecular weight excluding hydrogens is 336 g/mol. The molecule has 3 aliphatic carbocycles. The summed E-state index contributed by atoms with van der Waals surface area (Å²) in [6.45, 7) is 12.3. The van der Waals surface area contributed by atoms with Crippen LogP contribution in [0.5, 0.6) is 0 Å². The van der Waals surface area contributed by atoms with E-state index < -0.39 is 11.4 Å². The zero-order valence-electron chi connectivity index (χ0n) is 18.4. The number of carboxylic acid groups (broad SMARTS) is 1. The second kappa shape index (κ2) is 7.69. The van der Waals surface area contributed by atoms with Crippen molar-refractivity contribution in [3.63, 3.8) is 0 Å². The third kappa shape index (κ3) is 3.47. The summed E-state index contributed by atoms with van der Waals surface area (Å²) in [6, 6.07) is 0. The maximum atomic E-state index is 12.2. The lowest BCUT2D eigenvalue weighted by Crippen LogP contribution is -2.58. The van der Waals surface area contributed by atoms with Gasteiger partial charge in [-0.15, -0.1) is 0 Å². The van der Waals surface area contributed by atoms with Crippen LogP contribution in [-0.2, 0) is 9.53 Å². The third-order valence-electron chi connectivity index (χ3n) is 9.13. The van der Waals surface area contributed by atoms with Gasteiger partial charge in [0.05, 0.1) is 11.0 Å². The van der Waals surface area contributed by atoms with Gasteiger partial charge in [0.15, 0.2) is 0 Å². The van der Waals surface area contributed by atoms with Gasteiger partial charge in [0.2, 0.25) is 0 Å². The SMILES string of the molecule is CCCCOC1(C(C)C)CCC2C(CCC3C(C)(C(=O)O)CCCC23C)C1. The molecule has 0 bridgehead atoms. The fraction of sp³-hybridized carbons (Fsp3) is 0.958. The van der Waals surface area contributed by atoms with E-state index in [4.69, 9.17) is 4.74 Å². The molecule has 0 spiro atoms. The molecule has 1 N–H and O–H groups in total. The van der Waals surface area contributed by atoms with Gasteiger partial charge in [-0.2, -0.15) is 0 Å². The van der Waals surface area contributed by atoms with E-state index in [0.717, 1.165) is 38.7 Å². The van der Waals surface area contributed by atoms with E-state index in [1.165, 1.54) is 32.1 Å². The van der Waals surface area contributed by atoms with E-state index in [1.54, 1.807) is 0 Å². The molecule has 156 valence electrons. The number of rotatable bonds is 6. The van der Waals surface area contributed by atoms with Crippen molar-refractivity contribution in [3.8, 4) is 0 Å². The predicted molar refractivity (Wildman–Crippen MR) is 110 cm³/mol. The van der Waals surface area contributed by atoms with Crippen molar-refractivity contribution < 1.29 is 14.6 Å². The van der Waals surface area contributed by atoms with Crippen molar-refractivity contribution in [1.29, 1.82) is 0 Å². The Kier molecular flexibility index (Phi) is 6.02. The minimum absolute atomic E-state index is 0.0459. The number of fused-ring (bicyclic) bond motifs is 3. The minimum Gasteiger partial charge on any atom is -0.481 e. The fourth-order valence-corrected chi connectivity index (χ4v) is 7.38. The van der Waals surface area contributed by atoms with Crippen LogP contribution in [0.1, 0.15) is 98.8 Å². The number of hydrogen-bond donors (Lipinski definition) is 1. The second-order valence-corrected chi connectivity index (χ2v) is 10.7. The molecule has 3 fully saturated rings. The molecule has 3 saturated carbocycles. The first-order valence-corrected chi connectivity index (χ1v) is 11.6.